The monoisotopic (exact) mass is 247 g/mol. The van der Waals surface area contributed by atoms with E-state index in [0.29, 0.717) is 6.67 Å². The van der Waals surface area contributed by atoms with Gasteiger partial charge in [-0.25, -0.2) is 4.59 Å². The topological polar surface area (TPSA) is 37.4 Å². The summed E-state index contributed by atoms with van der Waals surface area (Å²) in [5.41, 5.74) is 0. The molecule has 0 saturated carbocycles. The Morgan fingerprint density at radius 1 is 0.941 bits per heavy atom. The van der Waals surface area contributed by atoms with Gasteiger partial charge in [0.05, 0.1) is 34.5 Å². The number of ether oxygens (including phenoxy) is 1. The predicted molar refractivity (Wildman–Crippen MR) is 60.9 cm³/mol. The van der Waals surface area contributed by atoms with Crippen molar-refractivity contribution >= 4 is 0 Å². The van der Waals surface area contributed by atoms with Gasteiger partial charge in [0.25, 0.3) is 0 Å². The van der Waals surface area contributed by atoms with Crippen LogP contribution in [0.5, 0.6) is 0 Å². The maximum Gasteiger partial charge on any atom is 0.126 e. The van der Waals surface area contributed by atoms with E-state index in [2.05, 4.69) is 12.1 Å². The highest BCUT2D eigenvalue weighted by atomic mass is 16.7. The molecule has 0 N–H and O–H groups in total. The number of quaternary nitrogens is 1. The van der Waals surface area contributed by atoms with Crippen LogP contribution in [0.2, 0.25) is 0 Å². The van der Waals surface area contributed by atoms with Crippen molar-refractivity contribution < 1.29 is 19.0 Å². The summed E-state index contributed by atoms with van der Waals surface area (Å²) in [7, 11) is 5.61. The van der Waals surface area contributed by atoms with Gasteiger partial charge in [-0.05, 0) is 0 Å². The van der Waals surface area contributed by atoms with Gasteiger partial charge in [-0.1, -0.05) is 0 Å². The minimum Gasteiger partial charge on any atom is -0.370 e. The molecule has 0 aromatic heterocycles. The van der Waals surface area contributed by atoms with Gasteiger partial charge in [-0.15, -0.1) is 5.01 Å². The quantitative estimate of drug-likeness (QED) is 0.614. The van der Waals surface area contributed by atoms with Crippen LogP contribution in [0.1, 0.15) is 0 Å². The Balaban J connectivity index is 2.02. The van der Waals surface area contributed by atoms with E-state index in [1.165, 1.54) is 0 Å². The fourth-order valence-corrected chi connectivity index (χ4v) is 2.23. The molecule has 7 nitrogen and oxygen atoms in total. The standard InChI is InChI=1S/C10H23N4O3/c1-14(4-6-17-7-5-14)11-8-12(15-2)10-13(9-11)16-3/h4-10H2,1-3H3/q+1. The van der Waals surface area contributed by atoms with Gasteiger partial charge in [-0.2, -0.15) is 10.1 Å². The summed E-state index contributed by atoms with van der Waals surface area (Å²) in [6.45, 7) is 5.85. The number of nitrogens with zero attached hydrogens (tertiary/aromatic N) is 4. The SMILES string of the molecule is CON1CN(OC)CN([N+]2(C)CCOCC2)C1. The molecule has 7 heteroatoms. The van der Waals surface area contributed by atoms with Gasteiger partial charge < -0.3 is 4.74 Å². The lowest BCUT2D eigenvalue weighted by molar-refractivity contribution is -1.03. The van der Waals surface area contributed by atoms with Crippen LogP contribution < -0.4 is 0 Å². The summed E-state index contributed by atoms with van der Waals surface area (Å²) in [6.07, 6.45) is 0. The molecule has 0 radical (unpaired) electrons. The van der Waals surface area contributed by atoms with Gasteiger partial charge in [0.15, 0.2) is 0 Å². The Bertz CT molecular complexity index is 236. The van der Waals surface area contributed by atoms with Crippen LogP contribution in [0, 0.1) is 0 Å². The van der Waals surface area contributed by atoms with Crippen LogP contribution in [0.3, 0.4) is 0 Å². The van der Waals surface area contributed by atoms with Gasteiger partial charge >= 0.3 is 0 Å². The summed E-state index contributed by atoms with van der Waals surface area (Å²) in [4.78, 5) is 10.6. The highest BCUT2D eigenvalue weighted by Gasteiger charge is 2.38. The molecular weight excluding hydrogens is 224 g/mol. The van der Waals surface area contributed by atoms with E-state index in [1.54, 1.807) is 14.2 Å². The molecule has 100 valence electrons. The Morgan fingerprint density at radius 3 is 1.94 bits per heavy atom. The molecule has 0 spiro atoms. The molecule has 0 aliphatic carbocycles. The Labute approximate surface area is 102 Å². The second-order valence-corrected chi connectivity index (χ2v) is 4.66. The molecule has 0 aromatic rings. The number of hydrogen-bond donors (Lipinski definition) is 0. The lowest BCUT2D eigenvalue weighted by atomic mass is 10.4. The first-order valence-corrected chi connectivity index (χ1v) is 5.94. The van der Waals surface area contributed by atoms with Crippen molar-refractivity contribution in [1.29, 1.82) is 0 Å². The first-order chi connectivity index (χ1) is 8.18. The maximum atomic E-state index is 5.43. The van der Waals surface area contributed by atoms with Crippen LogP contribution in [-0.2, 0) is 14.4 Å². The highest BCUT2D eigenvalue weighted by Crippen LogP contribution is 2.18. The van der Waals surface area contributed by atoms with Crippen molar-refractivity contribution in [3.05, 3.63) is 0 Å². The first kappa shape index (κ1) is 13.2. The number of rotatable bonds is 3. The number of likely N-dealkylation sites (N-methyl/N-ethyl adjacent to an activating group) is 1. The number of hydroxylamine groups is 4. The molecule has 0 unspecified atom stereocenters. The van der Waals surface area contributed by atoms with Gasteiger partial charge in [0, 0.05) is 0 Å². The Morgan fingerprint density at radius 2 is 1.47 bits per heavy atom. The van der Waals surface area contributed by atoms with Crippen molar-refractivity contribution in [2.75, 3.05) is 67.6 Å². The van der Waals surface area contributed by atoms with E-state index in [0.717, 1.165) is 44.2 Å². The molecule has 2 saturated heterocycles. The predicted octanol–water partition coefficient (Wildman–Crippen LogP) is -0.707. The molecular formula is C10H23N4O3+. The molecule has 0 aromatic carbocycles. The van der Waals surface area contributed by atoms with Crippen LogP contribution in [-0.4, -0.2) is 87.3 Å². The van der Waals surface area contributed by atoms with Gasteiger partial charge in [-0.3, -0.25) is 9.68 Å². The molecule has 0 amide bonds. The fraction of sp³-hybridized carbons (Fsp3) is 1.00. The zero-order valence-corrected chi connectivity index (χ0v) is 11.0. The Kier molecular flexibility index (Phi) is 4.31. The third kappa shape index (κ3) is 2.94. The summed E-state index contributed by atoms with van der Waals surface area (Å²) < 4.78 is 6.30. The maximum absolute atomic E-state index is 5.43. The van der Waals surface area contributed by atoms with Gasteiger partial charge in [0.2, 0.25) is 0 Å². The number of morpholine rings is 1. The molecule has 0 atom stereocenters. The van der Waals surface area contributed by atoms with Crippen molar-refractivity contribution in [3.63, 3.8) is 0 Å². The molecule has 2 aliphatic heterocycles. The van der Waals surface area contributed by atoms with E-state index in [-0.39, 0.29) is 0 Å². The van der Waals surface area contributed by atoms with Crippen LogP contribution >= 0.6 is 0 Å². The summed E-state index contributed by atoms with van der Waals surface area (Å²) >= 11 is 0. The second-order valence-electron chi connectivity index (χ2n) is 4.66. The van der Waals surface area contributed by atoms with Gasteiger partial charge in [0.1, 0.15) is 33.1 Å². The molecule has 0 bridgehead atoms. The molecule has 2 rings (SSSR count). The molecule has 17 heavy (non-hydrogen) atoms. The van der Waals surface area contributed by atoms with E-state index in [4.69, 9.17) is 14.4 Å². The van der Waals surface area contributed by atoms with Crippen molar-refractivity contribution in [2.45, 2.75) is 0 Å². The van der Waals surface area contributed by atoms with E-state index < -0.39 is 0 Å². The molecule has 2 heterocycles. The summed E-state index contributed by atoms with van der Waals surface area (Å²) in [6, 6.07) is 0. The normalized spacial score (nSPS) is 28.4. The van der Waals surface area contributed by atoms with Crippen molar-refractivity contribution in [2.24, 2.45) is 0 Å². The lowest BCUT2D eigenvalue weighted by Gasteiger charge is -2.49. The van der Waals surface area contributed by atoms with E-state index >= 15 is 0 Å². The minimum absolute atomic E-state index is 0.667. The first-order valence-electron chi connectivity index (χ1n) is 5.94. The van der Waals surface area contributed by atoms with E-state index in [9.17, 15) is 0 Å². The van der Waals surface area contributed by atoms with Crippen molar-refractivity contribution in [3.8, 4) is 0 Å². The van der Waals surface area contributed by atoms with Crippen LogP contribution in [0.25, 0.3) is 0 Å². The Hall–Kier alpha value is -0.280. The van der Waals surface area contributed by atoms with Crippen molar-refractivity contribution in [1.82, 2.24) is 15.1 Å². The average molecular weight is 247 g/mol. The smallest absolute Gasteiger partial charge is 0.126 e. The number of hydrogen-bond acceptors (Lipinski definition) is 6. The fourth-order valence-electron chi connectivity index (χ4n) is 2.23. The van der Waals surface area contributed by atoms with Crippen LogP contribution in [0.4, 0.5) is 0 Å². The molecule has 2 fully saturated rings. The zero-order chi connectivity index (χ0) is 12.3. The zero-order valence-electron chi connectivity index (χ0n) is 11.0. The second kappa shape index (κ2) is 5.57. The highest BCUT2D eigenvalue weighted by molar-refractivity contribution is 4.54. The largest absolute Gasteiger partial charge is 0.370 e. The molecule has 2 aliphatic rings. The summed E-state index contributed by atoms with van der Waals surface area (Å²) in [5.74, 6) is 0. The third-order valence-corrected chi connectivity index (χ3v) is 3.59. The third-order valence-electron chi connectivity index (χ3n) is 3.59. The lowest BCUT2D eigenvalue weighted by Crippen LogP contribution is -2.69. The van der Waals surface area contributed by atoms with E-state index in [1.807, 2.05) is 10.1 Å². The summed E-state index contributed by atoms with van der Waals surface area (Å²) in [5, 5.41) is 6.09. The minimum atomic E-state index is 0.667. The van der Waals surface area contributed by atoms with Crippen LogP contribution in [0.15, 0.2) is 0 Å². The average Bonchev–Trinajstić information content (AvgIpc) is 2.39.